The average Bonchev–Trinajstić information content (AvgIpc) is 2.31. The fraction of sp³-hybridized carbons (Fsp3) is 0.429. The van der Waals surface area contributed by atoms with E-state index >= 15 is 0 Å². The van der Waals surface area contributed by atoms with Gasteiger partial charge in [-0.15, -0.1) is 0 Å². The Morgan fingerprint density at radius 1 is 1.35 bits per heavy atom. The molecule has 0 fully saturated rings. The van der Waals surface area contributed by atoms with Gasteiger partial charge >= 0.3 is 0 Å². The van der Waals surface area contributed by atoms with Gasteiger partial charge in [-0.1, -0.05) is 29.8 Å². The second-order valence-corrected chi connectivity index (χ2v) is 4.88. The SMILES string of the molecule is Cc1ccc(CN(C)C(=O)C(C)(C)C#N)cc1. The normalized spacial score (nSPS) is 10.8. The van der Waals surface area contributed by atoms with E-state index in [9.17, 15) is 4.79 Å². The summed E-state index contributed by atoms with van der Waals surface area (Å²) in [5.74, 6) is -0.152. The van der Waals surface area contributed by atoms with Gasteiger partial charge in [-0.05, 0) is 26.3 Å². The van der Waals surface area contributed by atoms with Crippen LogP contribution in [0.5, 0.6) is 0 Å². The van der Waals surface area contributed by atoms with Crippen molar-refractivity contribution in [3.8, 4) is 6.07 Å². The summed E-state index contributed by atoms with van der Waals surface area (Å²) < 4.78 is 0. The Kier molecular flexibility index (Phi) is 3.90. The molecule has 0 aliphatic rings. The maximum Gasteiger partial charge on any atom is 0.242 e. The predicted molar refractivity (Wildman–Crippen MR) is 67.0 cm³/mol. The van der Waals surface area contributed by atoms with Crippen molar-refractivity contribution >= 4 is 5.91 Å². The highest BCUT2D eigenvalue weighted by atomic mass is 16.2. The Labute approximate surface area is 103 Å². The van der Waals surface area contributed by atoms with Crippen LogP contribution in [-0.2, 0) is 11.3 Å². The first-order valence-corrected chi connectivity index (χ1v) is 5.59. The Morgan fingerprint density at radius 3 is 2.35 bits per heavy atom. The first-order valence-electron chi connectivity index (χ1n) is 5.59. The topological polar surface area (TPSA) is 44.1 Å². The fourth-order valence-corrected chi connectivity index (χ4v) is 1.56. The predicted octanol–water partition coefficient (Wildman–Crippen LogP) is 2.50. The molecule has 0 heterocycles. The van der Waals surface area contributed by atoms with Crippen molar-refractivity contribution in [2.45, 2.75) is 27.3 Å². The van der Waals surface area contributed by atoms with Crippen LogP contribution in [-0.4, -0.2) is 17.9 Å². The third kappa shape index (κ3) is 3.32. The molecule has 3 nitrogen and oxygen atoms in total. The zero-order valence-electron chi connectivity index (χ0n) is 10.8. The molecule has 0 bridgehead atoms. The number of hydrogen-bond acceptors (Lipinski definition) is 2. The van der Waals surface area contributed by atoms with Gasteiger partial charge < -0.3 is 4.90 Å². The number of rotatable bonds is 3. The number of carbonyl (C=O) groups is 1. The lowest BCUT2D eigenvalue weighted by Crippen LogP contribution is -2.37. The van der Waals surface area contributed by atoms with Gasteiger partial charge in [0.05, 0.1) is 6.07 Å². The molecule has 0 radical (unpaired) electrons. The summed E-state index contributed by atoms with van der Waals surface area (Å²) in [6.07, 6.45) is 0. The standard InChI is InChI=1S/C14H18N2O/c1-11-5-7-12(8-6-11)9-16(4)13(17)14(2,3)10-15/h5-8H,9H2,1-4H3. The zero-order chi connectivity index (χ0) is 13.1. The number of nitrogens with zero attached hydrogens (tertiary/aromatic N) is 2. The summed E-state index contributed by atoms with van der Waals surface area (Å²) in [5, 5.41) is 8.92. The number of nitriles is 1. The molecule has 3 heteroatoms. The molecular formula is C14H18N2O. The van der Waals surface area contributed by atoms with Crippen molar-refractivity contribution in [1.29, 1.82) is 5.26 Å². The van der Waals surface area contributed by atoms with E-state index in [0.717, 1.165) is 5.56 Å². The Morgan fingerprint density at radius 2 is 1.88 bits per heavy atom. The van der Waals surface area contributed by atoms with E-state index in [4.69, 9.17) is 5.26 Å². The van der Waals surface area contributed by atoms with E-state index in [1.165, 1.54) is 5.56 Å². The maximum absolute atomic E-state index is 12.0. The van der Waals surface area contributed by atoms with Crippen molar-refractivity contribution in [3.05, 3.63) is 35.4 Å². The molecule has 0 aromatic heterocycles. The molecule has 0 aliphatic carbocycles. The molecule has 17 heavy (non-hydrogen) atoms. The van der Waals surface area contributed by atoms with Crippen molar-refractivity contribution in [2.24, 2.45) is 5.41 Å². The summed E-state index contributed by atoms with van der Waals surface area (Å²) in [6, 6.07) is 10.1. The number of carbonyl (C=O) groups excluding carboxylic acids is 1. The average molecular weight is 230 g/mol. The summed E-state index contributed by atoms with van der Waals surface area (Å²) in [4.78, 5) is 13.6. The minimum absolute atomic E-state index is 0.152. The fourth-order valence-electron chi connectivity index (χ4n) is 1.56. The number of aryl methyl sites for hydroxylation is 1. The van der Waals surface area contributed by atoms with Gasteiger partial charge in [0.1, 0.15) is 5.41 Å². The summed E-state index contributed by atoms with van der Waals surface area (Å²) in [5.41, 5.74) is 1.31. The second kappa shape index (κ2) is 5.01. The highest BCUT2D eigenvalue weighted by Gasteiger charge is 2.30. The van der Waals surface area contributed by atoms with Crippen LogP contribution < -0.4 is 0 Å². The van der Waals surface area contributed by atoms with Crippen LogP contribution >= 0.6 is 0 Å². The number of amides is 1. The first-order chi connectivity index (χ1) is 7.86. The smallest absolute Gasteiger partial charge is 0.242 e. The van der Waals surface area contributed by atoms with Crippen molar-refractivity contribution in [1.82, 2.24) is 4.90 Å². The third-order valence-electron chi connectivity index (χ3n) is 2.70. The van der Waals surface area contributed by atoms with Gasteiger partial charge in [0, 0.05) is 13.6 Å². The largest absolute Gasteiger partial charge is 0.340 e. The lowest BCUT2D eigenvalue weighted by Gasteiger charge is -2.24. The molecular weight excluding hydrogens is 212 g/mol. The van der Waals surface area contributed by atoms with Crippen LogP contribution in [0.25, 0.3) is 0 Å². The van der Waals surface area contributed by atoms with Crippen molar-refractivity contribution in [2.75, 3.05) is 7.05 Å². The van der Waals surface area contributed by atoms with Crippen LogP contribution in [0.15, 0.2) is 24.3 Å². The molecule has 1 aromatic carbocycles. The molecule has 0 aliphatic heterocycles. The summed E-state index contributed by atoms with van der Waals surface area (Å²) in [7, 11) is 1.72. The highest BCUT2D eigenvalue weighted by Crippen LogP contribution is 2.18. The van der Waals surface area contributed by atoms with Gasteiger partial charge in [-0.25, -0.2) is 0 Å². The minimum Gasteiger partial charge on any atom is -0.340 e. The van der Waals surface area contributed by atoms with Crippen LogP contribution in [0, 0.1) is 23.7 Å². The van der Waals surface area contributed by atoms with E-state index < -0.39 is 5.41 Å². The van der Waals surface area contributed by atoms with Crippen LogP contribution in [0.4, 0.5) is 0 Å². The maximum atomic E-state index is 12.0. The molecule has 0 saturated heterocycles. The summed E-state index contributed by atoms with van der Waals surface area (Å²) >= 11 is 0. The second-order valence-electron chi connectivity index (χ2n) is 4.88. The van der Waals surface area contributed by atoms with Crippen LogP contribution in [0.1, 0.15) is 25.0 Å². The van der Waals surface area contributed by atoms with Crippen LogP contribution in [0.3, 0.4) is 0 Å². The van der Waals surface area contributed by atoms with Crippen molar-refractivity contribution < 1.29 is 4.79 Å². The van der Waals surface area contributed by atoms with Crippen LogP contribution in [0.2, 0.25) is 0 Å². The molecule has 90 valence electrons. The van der Waals surface area contributed by atoms with E-state index in [-0.39, 0.29) is 5.91 Å². The first kappa shape index (κ1) is 13.2. The van der Waals surface area contributed by atoms with Gasteiger partial charge in [0.15, 0.2) is 0 Å². The van der Waals surface area contributed by atoms with Crippen molar-refractivity contribution in [3.63, 3.8) is 0 Å². The monoisotopic (exact) mass is 230 g/mol. The quantitative estimate of drug-likeness (QED) is 0.800. The molecule has 1 amide bonds. The molecule has 0 unspecified atom stereocenters. The summed E-state index contributed by atoms with van der Waals surface area (Å²) in [6.45, 7) is 5.84. The lowest BCUT2D eigenvalue weighted by atomic mass is 9.94. The Hall–Kier alpha value is -1.82. The van der Waals surface area contributed by atoms with Gasteiger partial charge in [0.2, 0.25) is 5.91 Å². The van der Waals surface area contributed by atoms with Gasteiger partial charge in [-0.3, -0.25) is 4.79 Å². The van der Waals surface area contributed by atoms with Gasteiger partial charge in [0.25, 0.3) is 0 Å². The Bertz CT molecular complexity index is 440. The third-order valence-corrected chi connectivity index (χ3v) is 2.70. The number of hydrogen-bond donors (Lipinski definition) is 0. The highest BCUT2D eigenvalue weighted by molar-refractivity contribution is 5.84. The van der Waals surface area contributed by atoms with Gasteiger partial charge in [-0.2, -0.15) is 5.26 Å². The molecule has 0 spiro atoms. The molecule has 0 saturated carbocycles. The van der Waals surface area contributed by atoms with E-state index in [1.54, 1.807) is 25.8 Å². The molecule has 1 aromatic rings. The molecule has 1 rings (SSSR count). The minimum atomic E-state index is -0.959. The molecule has 0 atom stereocenters. The van der Waals surface area contributed by atoms with E-state index in [0.29, 0.717) is 6.54 Å². The Balaban J connectivity index is 2.74. The van der Waals surface area contributed by atoms with E-state index in [1.807, 2.05) is 37.3 Å². The zero-order valence-corrected chi connectivity index (χ0v) is 10.8. The number of benzene rings is 1. The molecule has 0 N–H and O–H groups in total. The lowest BCUT2D eigenvalue weighted by molar-refractivity contribution is -0.136. The van der Waals surface area contributed by atoms with E-state index in [2.05, 4.69) is 0 Å².